The highest BCUT2D eigenvalue weighted by molar-refractivity contribution is 8.15. The van der Waals surface area contributed by atoms with Crippen LogP contribution in [0.2, 0.25) is 0 Å². The van der Waals surface area contributed by atoms with Crippen molar-refractivity contribution in [3.63, 3.8) is 0 Å². The Kier molecular flexibility index (Phi) is 7.33. The van der Waals surface area contributed by atoms with Gasteiger partial charge in [0.05, 0.1) is 18.9 Å². The lowest BCUT2D eigenvalue weighted by molar-refractivity contribution is -0.121. The minimum Gasteiger partial charge on any atom is -0.497 e. The molecule has 1 N–H and O–H groups in total. The van der Waals surface area contributed by atoms with Gasteiger partial charge in [0.2, 0.25) is 5.91 Å². The molecule has 194 valence electrons. The van der Waals surface area contributed by atoms with Crippen molar-refractivity contribution in [2.75, 3.05) is 12.4 Å². The number of benzene rings is 3. The van der Waals surface area contributed by atoms with Gasteiger partial charge in [-0.2, -0.15) is 10.1 Å². The van der Waals surface area contributed by atoms with Crippen molar-refractivity contribution in [3.8, 4) is 5.75 Å². The molecule has 0 aromatic heterocycles. The molecule has 0 saturated heterocycles. The Bertz CT molecular complexity index is 1410. The van der Waals surface area contributed by atoms with Crippen LogP contribution in [-0.4, -0.2) is 40.1 Å². The summed E-state index contributed by atoms with van der Waals surface area (Å²) in [4.78, 5) is 30.0. The summed E-state index contributed by atoms with van der Waals surface area (Å²) >= 11 is 1.30. The smallest absolute Gasteiger partial charge is 0.262 e. The molecule has 0 saturated carbocycles. The van der Waals surface area contributed by atoms with Crippen LogP contribution in [0.15, 0.2) is 76.8 Å². The van der Waals surface area contributed by atoms with Crippen LogP contribution < -0.4 is 10.1 Å². The lowest BCUT2D eigenvalue weighted by Crippen LogP contribution is -2.25. The molecule has 3 aromatic rings. The van der Waals surface area contributed by atoms with Crippen molar-refractivity contribution in [3.05, 3.63) is 94.5 Å². The van der Waals surface area contributed by atoms with Gasteiger partial charge in [0, 0.05) is 18.5 Å². The monoisotopic (exact) mass is 526 g/mol. The van der Waals surface area contributed by atoms with Crippen LogP contribution in [0.1, 0.15) is 46.7 Å². The average Bonchev–Trinajstić information content (AvgIpc) is 3.48. The second kappa shape index (κ2) is 10.8. The van der Waals surface area contributed by atoms with Gasteiger partial charge in [-0.3, -0.25) is 9.59 Å². The van der Waals surface area contributed by atoms with Crippen molar-refractivity contribution in [1.29, 1.82) is 0 Å². The molecule has 2 heterocycles. The maximum Gasteiger partial charge on any atom is 0.262 e. The Labute approximate surface area is 227 Å². The number of carbonyl (C=O) groups is 2. The Hall–Kier alpha value is -3.91. The summed E-state index contributed by atoms with van der Waals surface area (Å²) in [6, 6.07) is 21.9. The third-order valence-corrected chi connectivity index (χ3v) is 7.74. The number of rotatable bonds is 6. The highest BCUT2D eigenvalue weighted by Gasteiger charge is 2.39. The first-order valence-electron chi connectivity index (χ1n) is 12.5. The topological polar surface area (TPSA) is 83.4 Å². The summed E-state index contributed by atoms with van der Waals surface area (Å²) in [5, 5.41) is 9.60. The maximum absolute atomic E-state index is 12.9. The fourth-order valence-electron chi connectivity index (χ4n) is 4.72. The van der Waals surface area contributed by atoms with Gasteiger partial charge in [-0.1, -0.05) is 59.8 Å². The van der Waals surface area contributed by atoms with E-state index in [1.54, 1.807) is 7.11 Å². The van der Waals surface area contributed by atoms with Gasteiger partial charge in [0.25, 0.3) is 5.91 Å². The Morgan fingerprint density at radius 1 is 1.00 bits per heavy atom. The molecule has 0 bridgehead atoms. The van der Waals surface area contributed by atoms with E-state index in [0.29, 0.717) is 11.6 Å². The molecule has 7 nitrogen and oxygen atoms in total. The number of hydrogen-bond donors (Lipinski definition) is 1. The molecule has 0 spiro atoms. The number of methoxy groups -OCH3 is 1. The van der Waals surface area contributed by atoms with Gasteiger partial charge in [-0.05, 0) is 67.3 Å². The maximum atomic E-state index is 12.9. The van der Waals surface area contributed by atoms with E-state index in [1.807, 2.05) is 61.3 Å². The first-order chi connectivity index (χ1) is 18.3. The van der Waals surface area contributed by atoms with E-state index in [4.69, 9.17) is 9.84 Å². The van der Waals surface area contributed by atoms with E-state index in [-0.39, 0.29) is 24.3 Å². The van der Waals surface area contributed by atoms with Gasteiger partial charge in [0.1, 0.15) is 11.0 Å². The van der Waals surface area contributed by atoms with Gasteiger partial charge in [-0.15, -0.1) is 0 Å². The fourth-order valence-corrected chi connectivity index (χ4v) is 5.79. The van der Waals surface area contributed by atoms with Crippen molar-refractivity contribution < 1.29 is 14.3 Å². The number of nitrogens with one attached hydrogen (secondary N) is 1. The van der Waals surface area contributed by atoms with E-state index in [9.17, 15) is 9.59 Å². The summed E-state index contributed by atoms with van der Waals surface area (Å²) in [6.07, 6.45) is 0.708. The van der Waals surface area contributed by atoms with Crippen LogP contribution in [-0.2, 0) is 9.59 Å². The van der Waals surface area contributed by atoms with Crippen molar-refractivity contribution in [1.82, 2.24) is 5.01 Å². The Morgan fingerprint density at radius 2 is 1.68 bits per heavy atom. The van der Waals surface area contributed by atoms with Crippen LogP contribution >= 0.6 is 11.8 Å². The van der Waals surface area contributed by atoms with Crippen molar-refractivity contribution in [2.45, 2.75) is 44.9 Å². The standard InChI is InChI=1S/C30H30N4O3S/c1-18-5-7-21(8-6-18)25-16-26(22-9-11-24(37-4)12-10-22)34(33-25)30-32-29(36)27(38-30)17-28(35)31-23-14-19(2)13-20(3)15-23/h5-15,26-27H,16-17H2,1-4H3,(H,31,35). The minimum absolute atomic E-state index is 0.0407. The number of anilines is 1. The number of hydrazone groups is 1. The average molecular weight is 527 g/mol. The Morgan fingerprint density at radius 3 is 2.34 bits per heavy atom. The van der Waals surface area contributed by atoms with E-state index in [0.717, 1.165) is 39.4 Å². The lowest BCUT2D eigenvalue weighted by Gasteiger charge is -2.23. The molecule has 2 aliphatic heterocycles. The van der Waals surface area contributed by atoms with Crippen LogP contribution in [0.4, 0.5) is 5.69 Å². The van der Waals surface area contributed by atoms with Crippen molar-refractivity contribution in [2.24, 2.45) is 10.1 Å². The quantitative estimate of drug-likeness (QED) is 0.439. The number of thioether (sulfide) groups is 1. The molecule has 2 atom stereocenters. The molecule has 0 fully saturated rings. The predicted octanol–water partition coefficient (Wildman–Crippen LogP) is 5.80. The van der Waals surface area contributed by atoms with E-state index in [2.05, 4.69) is 41.5 Å². The third kappa shape index (κ3) is 5.65. The third-order valence-electron chi connectivity index (χ3n) is 6.60. The molecule has 2 aliphatic rings. The van der Waals surface area contributed by atoms with Crippen LogP contribution in [0.25, 0.3) is 0 Å². The molecule has 8 heteroatoms. The molecule has 3 aromatic carbocycles. The highest BCUT2D eigenvalue weighted by atomic mass is 32.2. The van der Waals surface area contributed by atoms with E-state index in [1.165, 1.54) is 17.3 Å². The Balaban J connectivity index is 1.35. The van der Waals surface area contributed by atoms with Crippen LogP contribution in [0.5, 0.6) is 5.75 Å². The molecular formula is C30H30N4O3S. The highest BCUT2D eigenvalue weighted by Crippen LogP contribution is 2.39. The number of aryl methyl sites for hydroxylation is 3. The van der Waals surface area contributed by atoms with Crippen LogP contribution in [0, 0.1) is 20.8 Å². The van der Waals surface area contributed by atoms with Gasteiger partial charge < -0.3 is 10.1 Å². The summed E-state index contributed by atoms with van der Waals surface area (Å²) < 4.78 is 5.33. The molecule has 5 rings (SSSR count). The molecule has 2 unspecified atom stereocenters. The number of carbonyl (C=O) groups excluding carboxylic acids is 2. The van der Waals surface area contributed by atoms with E-state index >= 15 is 0 Å². The second-order valence-corrected chi connectivity index (χ2v) is 10.9. The summed E-state index contributed by atoms with van der Waals surface area (Å²) in [5.74, 6) is 0.248. The van der Waals surface area contributed by atoms with E-state index < -0.39 is 5.25 Å². The number of ether oxygens (including phenoxy) is 1. The van der Waals surface area contributed by atoms with Gasteiger partial charge in [-0.25, -0.2) is 5.01 Å². The first-order valence-corrected chi connectivity index (χ1v) is 13.4. The summed E-state index contributed by atoms with van der Waals surface area (Å²) in [5.41, 5.74) is 7.06. The zero-order valence-electron chi connectivity index (χ0n) is 21.9. The molecular weight excluding hydrogens is 496 g/mol. The van der Waals surface area contributed by atoms with Crippen molar-refractivity contribution >= 4 is 40.1 Å². The minimum atomic E-state index is -0.592. The number of hydrogen-bond acceptors (Lipinski definition) is 6. The number of nitrogens with zero attached hydrogens (tertiary/aromatic N) is 3. The number of amidine groups is 1. The lowest BCUT2D eigenvalue weighted by atomic mass is 9.98. The number of aliphatic imine (C=N–C) groups is 1. The first kappa shape index (κ1) is 25.7. The molecule has 38 heavy (non-hydrogen) atoms. The molecule has 0 aliphatic carbocycles. The number of amides is 2. The normalized spacial score (nSPS) is 18.8. The molecule has 0 radical (unpaired) electrons. The van der Waals surface area contributed by atoms with Gasteiger partial charge >= 0.3 is 0 Å². The van der Waals surface area contributed by atoms with Gasteiger partial charge in [0.15, 0.2) is 5.17 Å². The fraction of sp³-hybridized carbons (Fsp3) is 0.267. The molecule has 2 amide bonds. The zero-order chi connectivity index (χ0) is 26.8. The summed E-state index contributed by atoms with van der Waals surface area (Å²) in [6.45, 7) is 6.03. The van der Waals surface area contributed by atoms with Crippen LogP contribution in [0.3, 0.4) is 0 Å². The summed E-state index contributed by atoms with van der Waals surface area (Å²) in [7, 11) is 1.64. The second-order valence-electron chi connectivity index (χ2n) is 9.72. The SMILES string of the molecule is COc1ccc(C2CC(c3ccc(C)cc3)=NN2C2=NC(=O)C(CC(=O)Nc3cc(C)cc(C)c3)S2)cc1. The predicted molar refractivity (Wildman–Crippen MR) is 153 cm³/mol. The zero-order valence-corrected chi connectivity index (χ0v) is 22.7. The largest absolute Gasteiger partial charge is 0.497 e.